The van der Waals surface area contributed by atoms with Gasteiger partial charge in [0.15, 0.2) is 0 Å². The van der Waals surface area contributed by atoms with Crippen LogP contribution in [0.5, 0.6) is 0 Å². The lowest BCUT2D eigenvalue weighted by Crippen LogP contribution is -2.28. The first-order chi connectivity index (χ1) is 6.50. The van der Waals surface area contributed by atoms with Gasteiger partial charge in [-0.15, -0.1) is 0 Å². The minimum atomic E-state index is -0.602. The zero-order valence-corrected chi connectivity index (χ0v) is 9.14. The molecule has 0 spiro atoms. The quantitative estimate of drug-likeness (QED) is 0.617. The summed E-state index contributed by atoms with van der Waals surface area (Å²) in [6, 6.07) is 7.25. The number of hydrogen-bond donors (Lipinski definition) is 1. The van der Waals surface area contributed by atoms with Crippen LogP contribution in [-0.2, 0) is 10.2 Å². The van der Waals surface area contributed by atoms with Crippen LogP contribution in [0.3, 0.4) is 0 Å². The van der Waals surface area contributed by atoms with E-state index < -0.39 is 5.41 Å². The Labute approximate surface area is 89.1 Å². The Morgan fingerprint density at radius 3 is 2.29 bits per heavy atom. The number of carbonyl (C=O) groups is 1. The lowest BCUT2D eigenvalue weighted by Gasteiger charge is -2.24. The molecule has 0 heterocycles. The van der Waals surface area contributed by atoms with Gasteiger partial charge in [0.05, 0.1) is 5.41 Å². The third-order valence-corrected chi connectivity index (χ3v) is 3.11. The Kier molecular flexibility index (Phi) is 3.17. The van der Waals surface area contributed by atoms with E-state index in [1.165, 1.54) is 0 Å². The second-order valence-corrected chi connectivity index (χ2v) is 3.92. The van der Waals surface area contributed by atoms with Crippen LogP contribution in [0.2, 0.25) is 0 Å². The largest absolute Gasteiger partial charge is 0.399 e. The first-order valence-corrected chi connectivity index (χ1v) is 4.94. The predicted octanol–water partition coefficient (Wildman–Crippen LogP) is 2.70. The molecule has 1 atom stereocenters. The zero-order chi connectivity index (χ0) is 10.8. The molecule has 0 aliphatic rings. The van der Waals surface area contributed by atoms with Crippen molar-refractivity contribution in [1.82, 2.24) is 0 Å². The molecule has 14 heavy (non-hydrogen) atoms. The third-order valence-electron chi connectivity index (χ3n) is 2.69. The number of rotatable bonds is 3. The van der Waals surface area contributed by atoms with Gasteiger partial charge in [0.2, 0.25) is 5.24 Å². The maximum atomic E-state index is 11.3. The molecular formula is C11H14ClNO. The predicted molar refractivity (Wildman–Crippen MR) is 59.4 cm³/mol. The van der Waals surface area contributed by atoms with Gasteiger partial charge in [-0.3, -0.25) is 4.79 Å². The average molecular weight is 212 g/mol. The molecule has 2 N–H and O–H groups in total. The fraction of sp³-hybridized carbons (Fsp3) is 0.364. The summed E-state index contributed by atoms with van der Waals surface area (Å²) >= 11 is 5.59. The highest BCUT2D eigenvalue weighted by molar-refractivity contribution is 6.65. The van der Waals surface area contributed by atoms with Crippen LogP contribution in [0.1, 0.15) is 25.8 Å². The second kappa shape index (κ2) is 4.01. The fourth-order valence-corrected chi connectivity index (χ4v) is 1.55. The second-order valence-electron chi connectivity index (χ2n) is 3.58. The van der Waals surface area contributed by atoms with Crippen LogP contribution in [-0.4, -0.2) is 5.24 Å². The Balaban J connectivity index is 3.13. The van der Waals surface area contributed by atoms with E-state index in [2.05, 4.69) is 0 Å². The van der Waals surface area contributed by atoms with Crippen molar-refractivity contribution in [3.05, 3.63) is 29.8 Å². The van der Waals surface area contributed by atoms with Gasteiger partial charge in [0.25, 0.3) is 0 Å². The molecule has 3 heteroatoms. The van der Waals surface area contributed by atoms with Crippen LogP contribution in [0, 0.1) is 0 Å². The molecule has 0 aliphatic carbocycles. The molecule has 0 fully saturated rings. The van der Waals surface area contributed by atoms with Gasteiger partial charge < -0.3 is 5.73 Å². The van der Waals surface area contributed by atoms with Crippen molar-refractivity contribution in [2.75, 3.05) is 5.73 Å². The molecule has 1 aromatic rings. The molecule has 0 saturated heterocycles. The highest BCUT2D eigenvalue weighted by Gasteiger charge is 2.31. The van der Waals surface area contributed by atoms with E-state index in [-0.39, 0.29) is 5.24 Å². The van der Waals surface area contributed by atoms with E-state index in [9.17, 15) is 4.79 Å². The van der Waals surface area contributed by atoms with Crippen LogP contribution < -0.4 is 5.73 Å². The minimum absolute atomic E-state index is 0.329. The van der Waals surface area contributed by atoms with Crippen molar-refractivity contribution in [2.24, 2.45) is 0 Å². The molecule has 2 nitrogen and oxygen atoms in total. The summed E-state index contributed by atoms with van der Waals surface area (Å²) in [6.45, 7) is 3.78. The van der Waals surface area contributed by atoms with Gasteiger partial charge in [-0.25, -0.2) is 0 Å². The van der Waals surface area contributed by atoms with E-state index in [1.54, 1.807) is 12.1 Å². The van der Waals surface area contributed by atoms with Gasteiger partial charge >= 0.3 is 0 Å². The molecule has 1 aromatic carbocycles. The summed E-state index contributed by atoms with van der Waals surface area (Å²) in [7, 11) is 0. The molecule has 0 bridgehead atoms. The number of carbonyl (C=O) groups excluding carboxylic acids is 1. The van der Waals surface area contributed by atoms with Crippen LogP contribution in [0.25, 0.3) is 0 Å². The molecule has 0 aromatic heterocycles. The van der Waals surface area contributed by atoms with E-state index in [0.29, 0.717) is 12.1 Å². The SMILES string of the molecule is CCC(C)(C(=O)Cl)c1ccc(N)cc1. The molecule has 1 unspecified atom stereocenters. The number of anilines is 1. The first kappa shape index (κ1) is 11.1. The van der Waals surface area contributed by atoms with E-state index in [0.717, 1.165) is 5.56 Å². The summed E-state index contributed by atoms with van der Waals surface area (Å²) < 4.78 is 0. The number of benzene rings is 1. The Hall–Kier alpha value is -1.02. The lowest BCUT2D eigenvalue weighted by molar-refractivity contribution is -0.116. The van der Waals surface area contributed by atoms with E-state index in [4.69, 9.17) is 17.3 Å². The highest BCUT2D eigenvalue weighted by atomic mass is 35.5. The van der Waals surface area contributed by atoms with Crippen molar-refractivity contribution in [3.63, 3.8) is 0 Å². The maximum Gasteiger partial charge on any atom is 0.231 e. The Morgan fingerprint density at radius 1 is 1.43 bits per heavy atom. The molecule has 0 amide bonds. The third kappa shape index (κ3) is 1.90. The van der Waals surface area contributed by atoms with Crippen LogP contribution >= 0.6 is 11.6 Å². The summed E-state index contributed by atoms with van der Waals surface area (Å²) in [4.78, 5) is 11.3. The molecule has 1 rings (SSSR count). The smallest absolute Gasteiger partial charge is 0.231 e. The fourth-order valence-electron chi connectivity index (χ4n) is 1.31. The van der Waals surface area contributed by atoms with Crippen molar-refractivity contribution in [2.45, 2.75) is 25.7 Å². The molecule has 0 radical (unpaired) electrons. The van der Waals surface area contributed by atoms with Crippen molar-refractivity contribution >= 4 is 22.5 Å². The molecule has 0 saturated carbocycles. The summed E-state index contributed by atoms with van der Waals surface area (Å²) in [5.41, 5.74) is 6.57. The molecular weight excluding hydrogens is 198 g/mol. The van der Waals surface area contributed by atoms with Gasteiger partial charge in [0.1, 0.15) is 0 Å². The van der Waals surface area contributed by atoms with Gasteiger partial charge in [0, 0.05) is 5.69 Å². The monoisotopic (exact) mass is 211 g/mol. The average Bonchev–Trinajstić information content (AvgIpc) is 2.17. The highest BCUT2D eigenvalue weighted by Crippen LogP contribution is 2.30. The van der Waals surface area contributed by atoms with Crippen molar-refractivity contribution in [1.29, 1.82) is 0 Å². The van der Waals surface area contributed by atoms with E-state index >= 15 is 0 Å². The number of hydrogen-bond acceptors (Lipinski definition) is 2. The Morgan fingerprint density at radius 2 is 1.93 bits per heavy atom. The summed E-state index contributed by atoms with van der Waals surface area (Å²) in [5, 5.41) is -0.329. The van der Waals surface area contributed by atoms with Crippen molar-refractivity contribution < 1.29 is 4.79 Å². The minimum Gasteiger partial charge on any atom is -0.399 e. The Bertz CT molecular complexity index is 334. The molecule has 0 aliphatic heterocycles. The molecule has 76 valence electrons. The standard InChI is InChI=1S/C11H14ClNO/c1-3-11(2,10(12)14)8-4-6-9(13)7-5-8/h4-7H,3,13H2,1-2H3. The normalized spacial score (nSPS) is 14.8. The van der Waals surface area contributed by atoms with Gasteiger partial charge in [-0.1, -0.05) is 19.1 Å². The summed E-state index contributed by atoms with van der Waals surface area (Å²) in [6.07, 6.45) is 0.680. The number of nitrogen functional groups attached to an aromatic ring is 1. The summed E-state index contributed by atoms with van der Waals surface area (Å²) in [5.74, 6) is 0. The van der Waals surface area contributed by atoms with Crippen LogP contribution in [0.15, 0.2) is 24.3 Å². The van der Waals surface area contributed by atoms with E-state index in [1.807, 2.05) is 26.0 Å². The number of halogens is 1. The van der Waals surface area contributed by atoms with Crippen LogP contribution in [0.4, 0.5) is 5.69 Å². The maximum absolute atomic E-state index is 11.3. The van der Waals surface area contributed by atoms with Gasteiger partial charge in [-0.05, 0) is 42.6 Å². The first-order valence-electron chi connectivity index (χ1n) is 4.56. The van der Waals surface area contributed by atoms with Gasteiger partial charge in [-0.2, -0.15) is 0 Å². The lowest BCUT2D eigenvalue weighted by atomic mass is 9.81. The van der Waals surface area contributed by atoms with Crippen molar-refractivity contribution in [3.8, 4) is 0 Å². The number of nitrogens with two attached hydrogens (primary N) is 1. The topological polar surface area (TPSA) is 43.1 Å². The zero-order valence-electron chi connectivity index (χ0n) is 8.38.